The number of nitrogens with zero attached hydrogens (tertiary/aromatic N) is 3. The van der Waals surface area contributed by atoms with Gasteiger partial charge in [0.15, 0.2) is 5.01 Å². The highest BCUT2D eigenvalue weighted by atomic mass is 32.1. The van der Waals surface area contributed by atoms with E-state index in [1.54, 1.807) is 28.6 Å². The number of anilines is 1. The fraction of sp³-hybridized carbons (Fsp3) is 0.286. The third-order valence-corrected chi connectivity index (χ3v) is 4.14. The van der Waals surface area contributed by atoms with Crippen molar-refractivity contribution in [3.8, 4) is 0 Å². The Morgan fingerprint density at radius 1 is 1.20 bits per heavy atom. The first-order valence-corrected chi connectivity index (χ1v) is 7.32. The molecular formula is C14H14FN3OS. The highest BCUT2D eigenvalue weighted by Gasteiger charge is 2.24. The predicted molar refractivity (Wildman–Crippen MR) is 76.6 cm³/mol. The van der Waals surface area contributed by atoms with Crippen LogP contribution in [0.5, 0.6) is 0 Å². The molecule has 20 heavy (non-hydrogen) atoms. The standard InChI is InChI=1S/C14H14FN3OS/c15-11-3-1-2-4-12(11)17-6-8-18(9-7-17)14(19)13-16-5-10-20-13/h1-5,10H,6-9H2. The minimum Gasteiger partial charge on any atom is -0.366 e. The van der Waals surface area contributed by atoms with Crippen LogP contribution >= 0.6 is 11.3 Å². The Kier molecular flexibility index (Phi) is 3.64. The largest absolute Gasteiger partial charge is 0.366 e. The first-order valence-electron chi connectivity index (χ1n) is 6.44. The number of halogens is 1. The molecule has 0 spiro atoms. The van der Waals surface area contributed by atoms with Crippen molar-refractivity contribution in [1.29, 1.82) is 0 Å². The summed E-state index contributed by atoms with van der Waals surface area (Å²) in [4.78, 5) is 19.9. The normalized spacial score (nSPS) is 15.4. The molecule has 0 unspecified atom stereocenters. The van der Waals surface area contributed by atoms with Gasteiger partial charge in [-0.15, -0.1) is 11.3 Å². The zero-order valence-corrected chi connectivity index (χ0v) is 11.6. The Labute approximate surface area is 120 Å². The van der Waals surface area contributed by atoms with Crippen molar-refractivity contribution in [2.75, 3.05) is 31.1 Å². The van der Waals surface area contributed by atoms with Crippen LogP contribution in [0.2, 0.25) is 0 Å². The number of rotatable bonds is 2. The van der Waals surface area contributed by atoms with Crippen molar-refractivity contribution in [2.24, 2.45) is 0 Å². The molecule has 6 heteroatoms. The third-order valence-electron chi connectivity index (χ3n) is 3.38. The van der Waals surface area contributed by atoms with Crippen LogP contribution in [0.1, 0.15) is 9.80 Å². The molecule has 0 N–H and O–H groups in total. The van der Waals surface area contributed by atoms with Crippen molar-refractivity contribution in [3.05, 3.63) is 46.7 Å². The first-order chi connectivity index (χ1) is 9.75. The number of para-hydroxylation sites is 1. The minimum absolute atomic E-state index is 0.0341. The van der Waals surface area contributed by atoms with Crippen LogP contribution < -0.4 is 4.90 Å². The lowest BCUT2D eigenvalue weighted by Crippen LogP contribution is -2.49. The summed E-state index contributed by atoms with van der Waals surface area (Å²) in [6, 6.07) is 6.74. The van der Waals surface area contributed by atoms with E-state index >= 15 is 0 Å². The quantitative estimate of drug-likeness (QED) is 0.851. The van der Waals surface area contributed by atoms with Gasteiger partial charge in [0.1, 0.15) is 5.82 Å². The van der Waals surface area contributed by atoms with Crippen molar-refractivity contribution < 1.29 is 9.18 Å². The molecule has 1 amide bonds. The molecule has 0 saturated carbocycles. The molecule has 1 aromatic carbocycles. The van der Waals surface area contributed by atoms with Gasteiger partial charge in [0, 0.05) is 37.8 Å². The van der Waals surface area contributed by atoms with E-state index in [0.29, 0.717) is 36.9 Å². The Morgan fingerprint density at radius 3 is 2.60 bits per heavy atom. The molecule has 2 heterocycles. The number of carbonyl (C=O) groups excluding carboxylic acids is 1. The maximum atomic E-state index is 13.7. The highest BCUT2D eigenvalue weighted by molar-refractivity contribution is 7.11. The van der Waals surface area contributed by atoms with Crippen LogP contribution in [0.3, 0.4) is 0 Å². The van der Waals surface area contributed by atoms with Gasteiger partial charge in [0.25, 0.3) is 5.91 Å². The number of thiazole rings is 1. The molecule has 104 valence electrons. The second-order valence-corrected chi connectivity index (χ2v) is 5.46. The van der Waals surface area contributed by atoms with Crippen LogP contribution in [0.25, 0.3) is 0 Å². The molecule has 2 aromatic rings. The Morgan fingerprint density at radius 2 is 1.95 bits per heavy atom. The molecule has 1 saturated heterocycles. The van der Waals surface area contributed by atoms with Gasteiger partial charge in [-0.05, 0) is 12.1 Å². The van der Waals surface area contributed by atoms with E-state index in [9.17, 15) is 9.18 Å². The van der Waals surface area contributed by atoms with E-state index in [2.05, 4.69) is 4.98 Å². The monoisotopic (exact) mass is 291 g/mol. The van der Waals surface area contributed by atoms with Crippen molar-refractivity contribution in [3.63, 3.8) is 0 Å². The second kappa shape index (κ2) is 5.58. The predicted octanol–water partition coefficient (Wildman–Crippen LogP) is 2.24. The van der Waals surface area contributed by atoms with E-state index in [1.165, 1.54) is 17.4 Å². The Balaban J connectivity index is 1.65. The van der Waals surface area contributed by atoms with Crippen LogP contribution in [0.15, 0.2) is 35.8 Å². The number of carbonyl (C=O) groups is 1. The van der Waals surface area contributed by atoms with Crippen LogP contribution in [-0.2, 0) is 0 Å². The average molecular weight is 291 g/mol. The zero-order valence-electron chi connectivity index (χ0n) is 10.8. The van der Waals surface area contributed by atoms with Gasteiger partial charge in [-0.25, -0.2) is 9.37 Å². The van der Waals surface area contributed by atoms with E-state index in [0.717, 1.165) is 0 Å². The van der Waals surface area contributed by atoms with Gasteiger partial charge in [-0.3, -0.25) is 4.79 Å². The van der Waals surface area contributed by atoms with Crippen LogP contribution in [0.4, 0.5) is 10.1 Å². The summed E-state index contributed by atoms with van der Waals surface area (Å²) in [7, 11) is 0. The summed E-state index contributed by atoms with van der Waals surface area (Å²) < 4.78 is 13.7. The van der Waals surface area contributed by atoms with Gasteiger partial charge in [0.05, 0.1) is 5.69 Å². The number of aromatic nitrogens is 1. The van der Waals surface area contributed by atoms with Crippen molar-refractivity contribution >= 4 is 22.9 Å². The van der Waals surface area contributed by atoms with Crippen molar-refractivity contribution in [2.45, 2.75) is 0 Å². The summed E-state index contributed by atoms with van der Waals surface area (Å²) in [5.74, 6) is -0.250. The van der Waals surface area contributed by atoms with Gasteiger partial charge >= 0.3 is 0 Å². The summed E-state index contributed by atoms with van der Waals surface area (Å²) in [5, 5.41) is 2.31. The smallest absolute Gasteiger partial charge is 0.282 e. The summed E-state index contributed by atoms with van der Waals surface area (Å²) in [6.45, 7) is 2.45. The van der Waals surface area contributed by atoms with Gasteiger partial charge in [0.2, 0.25) is 0 Å². The maximum absolute atomic E-state index is 13.7. The molecule has 0 aliphatic carbocycles. The van der Waals surface area contributed by atoms with E-state index in [4.69, 9.17) is 0 Å². The highest BCUT2D eigenvalue weighted by Crippen LogP contribution is 2.20. The van der Waals surface area contributed by atoms with E-state index < -0.39 is 0 Å². The number of piperazine rings is 1. The van der Waals surface area contributed by atoms with Crippen LogP contribution in [-0.4, -0.2) is 42.0 Å². The summed E-state index contributed by atoms with van der Waals surface area (Å²) in [6.07, 6.45) is 1.63. The zero-order chi connectivity index (χ0) is 13.9. The van der Waals surface area contributed by atoms with Gasteiger partial charge in [-0.2, -0.15) is 0 Å². The molecule has 0 atom stereocenters. The molecule has 3 rings (SSSR count). The van der Waals surface area contributed by atoms with Gasteiger partial charge in [-0.1, -0.05) is 12.1 Å². The SMILES string of the molecule is O=C(c1nccs1)N1CCN(c2ccccc2F)CC1. The fourth-order valence-electron chi connectivity index (χ4n) is 2.32. The van der Waals surface area contributed by atoms with E-state index in [1.807, 2.05) is 11.0 Å². The topological polar surface area (TPSA) is 36.4 Å². The maximum Gasteiger partial charge on any atom is 0.282 e. The fourth-order valence-corrected chi connectivity index (χ4v) is 2.93. The molecule has 4 nitrogen and oxygen atoms in total. The lowest BCUT2D eigenvalue weighted by Gasteiger charge is -2.35. The Bertz CT molecular complexity index is 594. The molecule has 1 aliphatic heterocycles. The number of hydrogen-bond donors (Lipinski definition) is 0. The lowest BCUT2D eigenvalue weighted by atomic mass is 10.2. The second-order valence-electron chi connectivity index (χ2n) is 4.57. The molecular weight excluding hydrogens is 277 g/mol. The minimum atomic E-state index is -0.216. The molecule has 1 aliphatic rings. The summed E-state index contributed by atoms with van der Waals surface area (Å²) in [5.41, 5.74) is 0.605. The number of benzene rings is 1. The molecule has 0 bridgehead atoms. The molecule has 1 aromatic heterocycles. The number of amides is 1. The van der Waals surface area contributed by atoms with Crippen LogP contribution in [0, 0.1) is 5.82 Å². The van der Waals surface area contributed by atoms with E-state index in [-0.39, 0.29) is 11.7 Å². The Hall–Kier alpha value is -1.95. The molecule has 1 fully saturated rings. The lowest BCUT2D eigenvalue weighted by molar-refractivity contribution is 0.0746. The number of hydrogen-bond acceptors (Lipinski definition) is 4. The van der Waals surface area contributed by atoms with Crippen molar-refractivity contribution in [1.82, 2.24) is 9.88 Å². The average Bonchev–Trinajstić information content (AvgIpc) is 3.01. The molecule has 0 radical (unpaired) electrons. The summed E-state index contributed by atoms with van der Waals surface area (Å²) >= 11 is 1.35. The van der Waals surface area contributed by atoms with Gasteiger partial charge < -0.3 is 9.80 Å². The third kappa shape index (κ3) is 2.51. The first kappa shape index (κ1) is 13.1.